The molecule has 3 rings (SSSR count). The third-order valence-corrected chi connectivity index (χ3v) is 6.23. The lowest BCUT2D eigenvalue weighted by molar-refractivity contribution is -0.137. The highest BCUT2D eigenvalue weighted by molar-refractivity contribution is 5.88. The van der Waals surface area contributed by atoms with Crippen molar-refractivity contribution in [2.75, 3.05) is 19.8 Å². The molecule has 0 saturated heterocycles. The van der Waals surface area contributed by atoms with E-state index in [4.69, 9.17) is 23.7 Å². The van der Waals surface area contributed by atoms with E-state index in [9.17, 15) is 9.59 Å². The van der Waals surface area contributed by atoms with Gasteiger partial charge in [0.15, 0.2) is 5.76 Å². The van der Waals surface area contributed by atoms with Gasteiger partial charge in [-0.3, -0.25) is 9.59 Å². The van der Waals surface area contributed by atoms with Gasteiger partial charge in [-0.1, -0.05) is 64.3 Å². The molecule has 0 saturated carbocycles. The van der Waals surface area contributed by atoms with Crippen molar-refractivity contribution >= 4 is 16.9 Å². The van der Waals surface area contributed by atoms with Crippen LogP contribution in [0.15, 0.2) is 45.6 Å². The minimum absolute atomic E-state index is 0.127. The standard InChI is InChI=1S/C31H40O7/c1-4-7-17-35-24-20-25(36-18-8-5-2)28-26(21-24)38-30(31(29(28)34)37-19-9-6-3)23-15-13-22(14-16-23)11-10-12-27(32)33/h13-16,20-21H,4-12,17-19H2,1-3H3,(H,32,33). The number of aryl methyl sites for hydroxylation is 1. The van der Waals surface area contributed by atoms with Gasteiger partial charge in [-0.05, 0) is 37.7 Å². The highest BCUT2D eigenvalue weighted by Crippen LogP contribution is 2.37. The normalized spacial score (nSPS) is 11.0. The molecule has 0 unspecified atom stereocenters. The van der Waals surface area contributed by atoms with Crippen molar-refractivity contribution < 1.29 is 28.5 Å². The maximum absolute atomic E-state index is 13.9. The third kappa shape index (κ3) is 8.01. The Morgan fingerprint density at radius 2 is 1.47 bits per heavy atom. The van der Waals surface area contributed by atoms with E-state index in [0.29, 0.717) is 66.5 Å². The lowest BCUT2D eigenvalue weighted by Crippen LogP contribution is -2.13. The number of unbranched alkanes of at least 4 members (excludes halogenated alkanes) is 3. The van der Waals surface area contributed by atoms with Gasteiger partial charge in [0.2, 0.25) is 11.2 Å². The fraction of sp³-hybridized carbons (Fsp3) is 0.484. The molecule has 0 aliphatic carbocycles. The number of rotatable bonds is 17. The second-order valence-electron chi connectivity index (χ2n) is 9.43. The molecular weight excluding hydrogens is 484 g/mol. The molecule has 0 spiro atoms. The van der Waals surface area contributed by atoms with Crippen molar-refractivity contribution in [2.24, 2.45) is 0 Å². The van der Waals surface area contributed by atoms with E-state index in [-0.39, 0.29) is 17.6 Å². The molecule has 0 amide bonds. The van der Waals surface area contributed by atoms with Gasteiger partial charge in [-0.25, -0.2) is 0 Å². The molecule has 0 aliphatic heterocycles. The Morgan fingerprint density at radius 3 is 2.11 bits per heavy atom. The van der Waals surface area contributed by atoms with E-state index in [1.807, 2.05) is 24.3 Å². The van der Waals surface area contributed by atoms with Crippen LogP contribution in [0.5, 0.6) is 17.2 Å². The summed E-state index contributed by atoms with van der Waals surface area (Å²) in [6.07, 6.45) is 6.86. The first-order valence-corrected chi connectivity index (χ1v) is 13.8. The number of carboxylic acids is 1. The zero-order valence-corrected chi connectivity index (χ0v) is 22.8. The first kappa shape index (κ1) is 29.1. The van der Waals surface area contributed by atoms with Crippen LogP contribution in [0.2, 0.25) is 0 Å². The predicted molar refractivity (Wildman–Crippen MR) is 150 cm³/mol. The number of aliphatic carboxylic acids is 1. The quantitative estimate of drug-likeness (QED) is 0.184. The largest absolute Gasteiger partial charge is 0.493 e. The molecule has 3 aromatic rings. The van der Waals surface area contributed by atoms with E-state index >= 15 is 0 Å². The predicted octanol–water partition coefficient (Wildman–Crippen LogP) is 7.40. The van der Waals surface area contributed by atoms with Crippen LogP contribution in [-0.2, 0) is 11.2 Å². The van der Waals surface area contributed by atoms with Gasteiger partial charge in [0, 0.05) is 24.1 Å². The fourth-order valence-corrected chi connectivity index (χ4v) is 4.01. The molecule has 0 aliphatic rings. The number of hydrogen-bond acceptors (Lipinski definition) is 6. The SMILES string of the molecule is CCCCOc1cc(OCCCC)c2c(=O)c(OCCCC)c(-c3ccc(CCCC(=O)O)cc3)oc2c1. The van der Waals surface area contributed by atoms with Crippen LogP contribution in [-0.4, -0.2) is 30.9 Å². The first-order chi connectivity index (χ1) is 18.5. The molecule has 1 heterocycles. The Balaban J connectivity index is 2.08. The number of fused-ring (bicyclic) bond motifs is 1. The Labute approximate surface area is 224 Å². The highest BCUT2D eigenvalue weighted by atomic mass is 16.5. The molecule has 0 fully saturated rings. The summed E-state index contributed by atoms with van der Waals surface area (Å²) in [6.45, 7) is 7.71. The Bertz CT molecular complexity index is 1230. The second-order valence-corrected chi connectivity index (χ2v) is 9.43. The van der Waals surface area contributed by atoms with Crippen molar-refractivity contribution in [2.45, 2.75) is 78.6 Å². The summed E-state index contributed by atoms with van der Waals surface area (Å²) in [6, 6.07) is 11.1. The summed E-state index contributed by atoms with van der Waals surface area (Å²) >= 11 is 0. The molecule has 1 aromatic heterocycles. The maximum atomic E-state index is 13.9. The number of ether oxygens (including phenoxy) is 3. The average molecular weight is 525 g/mol. The number of hydrogen-bond donors (Lipinski definition) is 1. The van der Waals surface area contributed by atoms with E-state index in [1.165, 1.54) is 0 Å². The Morgan fingerprint density at radius 1 is 0.842 bits per heavy atom. The summed E-state index contributed by atoms with van der Waals surface area (Å²) in [5.41, 5.74) is 1.85. The molecule has 2 aromatic carbocycles. The number of carbonyl (C=O) groups is 1. The zero-order chi connectivity index (χ0) is 27.3. The van der Waals surface area contributed by atoms with E-state index in [2.05, 4.69) is 20.8 Å². The molecule has 0 atom stereocenters. The topological polar surface area (TPSA) is 95.2 Å². The van der Waals surface area contributed by atoms with E-state index < -0.39 is 5.97 Å². The van der Waals surface area contributed by atoms with Gasteiger partial charge in [0.25, 0.3) is 0 Å². The van der Waals surface area contributed by atoms with Gasteiger partial charge in [0.05, 0.1) is 19.8 Å². The van der Waals surface area contributed by atoms with Crippen molar-refractivity contribution in [1.82, 2.24) is 0 Å². The van der Waals surface area contributed by atoms with Crippen LogP contribution in [0.1, 0.15) is 77.7 Å². The molecule has 38 heavy (non-hydrogen) atoms. The van der Waals surface area contributed by atoms with Crippen LogP contribution >= 0.6 is 0 Å². The van der Waals surface area contributed by atoms with Crippen LogP contribution in [0, 0.1) is 0 Å². The molecule has 7 nitrogen and oxygen atoms in total. The van der Waals surface area contributed by atoms with Crippen molar-refractivity contribution in [3.05, 3.63) is 52.2 Å². The lowest BCUT2D eigenvalue weighted by Gasteiger charge is -2.16. The fourth-order valence-electron chi connectivity index (χ4n) is 4.01. The molecule has 206 valence electrons. The minimum atomic E-state index is -0.801. The summed E-state index contributed by atoms with van der Waals surface area (Å²) < 4.78 is 24.4. The molecule has 1 N–H and O–H groups in total. The van der Waals surface area contributed by atoms with Crippen molar-refractivity contribution in [3.63, 3.8) is 0 Å². The zero-order valence-electron chi connectivity index (χ0n) is 22.8. The lowest BCUT2D eigenvalue weighted by atomic mass is 10.0. The van der Waals surface area contributed by atoms with E-state index in [0.717, 1.165) is 44.1 Å². The van der Waals surface area contributed by atoms with Crippen molar-refractivity contribution in [3.8, 4) is 28.6 Å². The Kier molecular flexibility index (Phi) is 11.5. The third-order valence-electron chi connectivity index (χ3n) is 6.23. The summed E-state index contributed by atoms with van der Waals surface area (Å²) in [5.74, 6) is 0.770. The van der Waals surface area contributed by atoms with Crippen LogP contribution in [0.3, 0.4) is 0 Å². The van der Waals surface area contributed by atoms with Gasteiger partial charge in [-0.15, -0.1) is 0 Å². The summed E-state index contributed by atoms with van der Waals surface area (Å²) in [4.78, 5) is 24.7. The van der Waals surface area contributed by atoms with Crippen molar-refractivity contribution in [1.29, 1.82) is 0 Å². The molecule has 0 radical (unpaired) electrons. The minimum Gasteiger partial charge on any atom is -0.493 e. The summed E-state index contributed by atoms with van der Waals surface area (Å²) in [7, 11) is 0. The monoisotopic (exact) mass is 524 g/mol. The Hall–Kier alpha value is -3.48. The second kappa shape index (κ2) is 15.1. The van der Waals surface area contributed by atoms with Gasteiger partial charge in [-0.2, -0.15) is 0 Å². The average Bonchev–Trinajstić information content (AvgIpc) is 2.90. The first-order valence-electron chi connectivity index (χ1n) is 13.8. The smallest absolute Gasteiger partial charge is 0.303 e. The maximum Gasteiger partial charge on any atom is 0.303 e. The van der Waals surface area contributed by atoms with Crippen LogP contribution in [0.25, 0.3) is 22.3 Å². The number of benzene rings is 2. The molecular formula is C31H40O7. The van der Waals surface area contributed by atoms with Gasteiger partial charge in [0.1, 0.15) is 22.5 Å². The molecule has 0 bridgehead atoms. The van der Waals surface area contributed by atoms with Crippen LogP contribution < -0.4 is 19.6 Å². The van der Waals surface area contributed by atoms with Gasteiger partial charge >= 0.3 is 5.97 Å². The van der Waals surface area contributed by atoms with Gasteiger partial charge < -0.3 is 23.7 Å². The highest BCUT2D eigenvalue weighted by Gasteiger charge is 2.22. The number of carboxylic acid groups (broad SMARTS) is 1. The van der Waals surface area contributed by atoms with E-state index in [1.54, 1.807) is 12.1 Å². The summed E-state index contributed by atoms with van der Waals surface area (Å²) in [5, 5.41) is 9.25. The van der Waals surface area contributed by atoms with Crippen LogP contribution in [0.4, 0.5) is 0 Å². The molecule has 7 heteroatoms.